The van der Waals surface area contributed by atoms with Crippen LogP contribution < -0.4 is 14.8 Å². The van der Waals surface area contributed by atoms with Gasteiger partial charge >= 0.3 is 5.97 Å². The van der Waals surface area contributed by atoms with Gasteiger partial charge in [-0.25, -0.2) is 13.1 Å². The van der Waals surface area contributed by atoms with E-state index in [-0.39, 0.29) is 16.6 Å². The first-order valence-corrected chi connectivity index (χ1v) is 15.2. The third kappa shape index (κ3) is 5.24. The van der Waals surface area contributed by atoms with Crippen LogP contribution in [0.15, 0.2) is 70.0 Å². The molecule has 0 spiro atoms. The molecular weight excluding hydrogens is 570 g/mol. The predicted molar refractivity (Wildman–Crippen MR) is 160 cm³/mol. The molecule has 43 heavy (non-hydrogen) atoms. The van der Waals surface area contributed by atoms with Gasteiger partial charge < -0.3 is 19.6 Å². The summed E-state index contributed by atoms with van der Waals surface area (Å²) in [7, 11) is -2.49. The smallest absolute Gasteiger partial charge is 0.308 e. The summed E-state index contributed by atoms with van der Waals surface area (Å²) in [6.45, 7) is 5.38. The highest BCUT2D eigenvalue weighted by Crippen LogP contribution is 2.45. The van der Waals surface area contributed by atoms with Crippen molar-refractivity contribution in [2.75, 3.05) is 12.4 Å². The molecule has 1 amide bonds. The molecule has 0 radical (unpaired) electrons. The Morgan fingerprint density at radius 3 is 2.21 bits per heavy atom. The number of carbonyl (C=O) groups excluding carboxylic acids is 1. The van der Waals surface area contributed by atoms with Crippen molar-refractivity contribution >= 4 is 38.6 Å². The van der Waals surface area contributed by atoms with Gasteiger partial charge in [0.25, 0.3) is 5.91 Å². The summed E-state index contributed by atoms with van der Waals surface area (Å²) in [5.74, 6) is -1.96. The summed E-state index contributed by atoms with van der Waals surface area (Å²) in [6.07, 6.45) is 0.898. The van der Waals surface area contributed by atoms with Crippen LogP contribution in [0.5, 0.6) is 5.75 Å². The molecule has 3 aromatic carbocycles. The monoisotopic (exact) mass is 601 g/mol. The average Bonchev–Trinajstić information content (AvgIpc) is 3.31. The highest BCUT2D eigenvalue weighted by atomic mass is 32.2. The first-order chi connectivity index (χ1) is 20.4. The second-order valence-corrected chi connectivity index (χ2v) is 12.7. The minimum absolute atomic E-state index is 0.0518. The number of sulfonamides is 1. The van der Waals surface area contributed by atoms with Crippen LogP contribution in [0.25, 0.3) is 22.1 Å². The van der Waals surface area contributed by atoms with Crippen molar-refractivity contribution in [1.29, 1.82) is 5.26 Å². The molecule has 1 aromatic heterocycles. The number of carboxylic acids is 1. The standard InChI is InChI=1S/C32H31N3O7S/c1-18(2)32(16-15-25(32)31(37)38)35-43(39,40)24-12-7-21(8-13-24)20-5-10-23(11-6-20)34-30(36)28-19(3)27-26(42-28)14-9-22(17-33)29(27)41-4/h5-14,18,25,35H,15-16H2,1-4H3,(H,34,36)(H,37,38)/t25?,32-/m0/s1. The number of nitrogens with zero attached hydrogens (tertiary/aromatic N) is 1. The third-order valence-electron chi connectivity index (χ3n) is 8.34. The maximum absolute atomic E-state index is 13.2. The number of anilines is 1. The van der Waals surface area contributed by atoms with Crippen molar-refractivity contribution in [2.45, 2.75) is 44.0 Å². The van der Waals surface area contributed by atoms with Crippen molar-refractivity contribution < 1.29 is 32.3 Å². The fourth-order valence-corrected chi connectivity index (χ4v) is 7.36. The Bertz CT molecular complexity index is 1870. The van der Waals surface area contributed by atoms with Crippen LogP contribution in [0.3, 0.4) is 0 Å². The number of nitriles is 1. The van der Waals surface area contributed by atoms with Crippen LogP contribution in [0.4, 0.5) is 5.69 Å². The maximum Gasteiger partial charge on any atom is 0.308 e. The number of amides is 1. The minimum atomic E-state index is -3.95. The lowest BCUT2D eigenvalue weighted by molar-refractivity contribution is -0.151. The van der Waals surface area contributed by atoms with E-state index in [9.17, 15) is 28.4 Å². The van der Waals surface area contributed by atoms with E-state index in [1.165, 1.54) is 19.2 Å². The fraction of sp³-hybridized carbons (Fsp3) is 0.281. The van der Waals surface area contributed by atoms with E-state index < -0.39 is 33.4 Å². The van der Waals surface area contributed by atoms with Crippen LogP contribution in [0.2, 0.25) is 0 Å². The molecular formula is C32H31N3O7S. The summed E-state index contributed by atoms with van der Waals surface area (Å²) in [4.78, 5) is 24.8. The molecule has 1 fully saturated rings. The molecule has 1 heterocycles. The molecule has 4 aromatic rings. The molecule has 1 aliphatic rings. The van der Waals surface area contributed by atoms with Crippen molar-refractivity contribution in [3.63, 3.8) is 0 Å². The Labute approximate surface area is 249 Å². The highest BCUT2D eigenvalue weighted by Gasteiger charge is 2.55. The summed E-state index contributed by atoms with van der Waals surface area (Å²) < 4.78 is 40.3. The van der Waals surface area contributed by atoms with E-state index in [2.05, 4.69) is 16.1 Å². The van der Waals surface area contributed by atoms with Gasteiger partial charge in [0.15, 0.2) is 5.76 Å². The topological polar surface area (TPSA) is 159 Å². The van der Waals surface area contributed by atoms with Crippen molar-refractivity contribution in [3.05, 3.63) is 77.6 Å². The van der Waals surface area contributed by atoms with Crippen molar-refractivity contribution in [2.24, 2.45) is 11.8 Å². The highest BCUT2D eigenvalue weighted by molar-refractivity contribution is 7.89. The fourth-order valence-electron chi connectivity index (χ4n) is 5.77. The van der Waals surface area contributed by atoms with Gasteiger partial charge in [0, 0.05) is 16.8 Å². The average molecular weight is 602 g/mol. The number of aliphatic carboxylic acids is 1. The molecule has 1 unspecified atom stereocenters. The predicted octanol–water partition coefficient (Wildman–Crippen LogP) is 5.71. The Kier molecular flexibility index (Phi) is 7.77. The summed E-state index contributed by atoms with van der Waals surface area (Å²) in [5, 5.41) is 22.3. The SMILES string of the molecule is COc1c(C#N)ccc2oc(C(=O)Nc3ccc(-c4ccc(S(=O)(=O)N[C@]5(C(C)C)CCC5C(=O)O)cc4)cc3)c(C)c12. The van der Waals surface area contributed by atoms with Crippen molar-refractivity contribution in [3.8, 4) is 22.9 Å². The van der Waals surface area contributed by atoms with E-state index in [1.807, 2.05) is 13.8 Å². The molecule has 11 heteroatoms. The number of benzene rings is 3. The third-order valence-corrected chi connectivity index (χ3v) is 9.88. The maximum atomic E-state index is 13.2. The number of hydrogen-bond acceptors (Lipinski definition) is 7. The molecule has 0 aliphatic heterocycles. The Hall–Kier alpha value is -4.66. The number of nitrogens with one attached hydrogen (secondary N) is 2. The Morgan fingerprint density at radius 2 is 1.70 bits per heavy atom. The normalized spacial score (nSPS) is 18.2. The zero-order valence-corrected chi connectivity index (χ0v) is 24.9. The van der Waals surface area contributed by atoms with E-state index >= 15 is 0 Å². The minimum Gasteiger partial charge on any atom is -0.495 e. The number of fused-ring (bicyclic) bond motifs is 1. The molecule has 10 nitrogen and oxygen atoms in total. The van der Waals surface area contributed by atoms with Gasteiger partial charge in [0.1, 0.15) is 17.4 Å². The van der Waals surface area contributed by atoms with Crippen LogP contribution in [0, 0.1) is 30.1 Å². The van der Waals surface area contributed by atoms with Crippen LogP contribution in [-0.2, 0) is 14.8 Å². The molecule has 1 saturated carbocycles. The Balaban J connectivity index is 1.31. The number of aryl methyl sites for hydroxylation is 1. The lowest BCUT2D eigenvalue weighted by atomic mass is 9.61. The van der Waals surface area contributed by atoms with E-state index in [0.29, 0.717) is 46.4 Å². The Morgan fingerprint density at radius 1 is 1.07 bits per heavy atom. The molecule has 1 aliphatic carbocycles. The quantitative estimate of drug-likeness (QED) is 0.220. The van der Waals surface area contributed by atoms with E-state index in [0.717, 1.165) is 11.1 Å². The van der Waals surface area contributed by atoms with Crippen LogP contribution in [0.1, 0.15) is 48.4 Å². The first kappa shape index (κ1) is 29.8. The summed E-state index contributed by atoms with van der Waals surface area (Å²) in [5.41, 5.74) is 2.39. The van der Waals surface area contributed by atoms with E-state index in [4.69, 9.17) is 9.15 Å². The lowest BCUT2D eigenvalue weighted by Crippen LogP contribution is -2.65. The number of carboxylic acid groups (broad SMARTS) is 1. The molecule has 3 N–H and O–H groups in total. The summed E-state index contributed by atoms with van der Waals surface area (Å²) in [6, 6.07) is 18.7. The molecule has 2 atom stereocenters. The molecule has 0 bridgehead atoms. The number of carbonyl (C=O) groups is 2. The number of methoxy groups -OCH3 is 1. The van der Waals surface area contributed by atoms with Gasteiger partial charge in [-0.3, -0.25) is 9.59 Å². The molecule has 222 valence electrons. The zero-order chi connectivity index (χ0) is 31.1. The van der Waals surface area contributed by atoms with Gasteiger partial charge in [-0.2, -0.15) is 5.26 Å². The zero-order valence-electron chi connectivity index (χ0n) is 24.1. The van der Waals surface area contributed by atoms with Gasteiger partial charge in [0.2, 0.25) is 10.0 Å². The second-order valence-electron chi connectivity index (χ2n) is 11.0. The number of furan rings is 1. The van der Waals surface area contributed by atoms with Gasteiger partial charge in [-0.05, 0) is 73.2 Å². The van der Waals surface area contributed by atoms with Crippen LogP contribution >= 0.6 is 0 Å². The van der Waals surface area contributed by atoms with Crippen molar-refractivity contribution in [1.82, 2.24) is 4.72 Å². The second kappa shape index (κ2) is 11.2. The van der Waals surface area contributed by atoms with Gasteiger partial charge in [-0.15, -0.1) is 0 Å². The summed E-state index contributed by atoms with van der Waals surface area (Å²) >= 11 is 0. The van der Waals surface area contributed by atoms with Crippen LogP contribution in [-0.4, -0.2) is 38.0 Å². The lowest BCUT2D eigenvalue weighted by Gasteiger charge is -2.50. The van der Waals surface area contributed by atoms with E-state index in [1.54, 1.807) is 55.5 Å². The number of hydrogen-bond donors (Lipinski definition) is 3. The first-order valence-electron chi connectivity index (χ1n) is 13.7. The van der Waals surface area contributed by atoms with Gasteiger partial charge in [0.05, 0.1) is 28.9 Å². The number of rotatable bonds is 9. The van der Waals surface area contributed by atoms with Gasteiger partial charge in [-0.1, -0.05) is 38.1 Å². The molecule has 0 saturated heterocycles. The number of ether oxygens (including phenoxy) is 1. The molecule has 5 rings (SSSR count). The largest absolute Gasteiger partial charge is 0.495 e.